The van der Waals surface area contributed by atoms with Crippen LogP contribution in [0.4, 0.5) is 0 Å². The molecule has 0 atom stereocenters. The standard InChI is InChI=1S/C12H13ClO4/c1-17-9-6-7(13)5-8(10(9)14)12(11(15)16)3-2-4-12/h5-6,14H,2-4H2,1H3,(H,15,16). The normalized spacial score (nSPS) is 17.3. The Morgan fingerprint density at radius 1 is 1.47 bits per heavy atom. The quantitative estimate of drug-likeness (QED) is 0.872. The number of hydrogen-bond acceptors (Lipinski definition) is 3. The summed E-state index contributed by atoms with van der Waals surface area (Å²) in [6.07, 6.45) is 1.86. The topological polar surface area (TPSA) is 66.8 Å². The van der Waals surface area contributed by atoms with Crippen molar-refractivity contribution < 1.29 is 19.7 Å². The number of carbonyl (C=O) groups is 1. The third-order valence-corrected chi connectivity index (χ3v) is 3.61. The molecule has 4 nitrogen and oxygen atoms in total. The summed E-state index contributed by atoms with van der Waals surface area (Å²) in [6, 6.07) is 2.97. The van der Waals surface area contributed by atoms with E-state index in [4.69, 9.17) is 16.3 Å². The lowest BCUT2D eigenvalue weighted by molar-refractivity contribution is -0.147. The second-order valence-corrected chi connectivity index (χ2v) is 4.68. The highest BCUT2D eigenvalue weighted by Gasteiger charge is 2.48. The highest BCUT2D eigenvalue weighted by molar-refractivity contribution is 6.31. The Hall–Kier alpha value is -1.42. The molecule has 5 heteroatoms. The highest BCUT2D eigenvalue weighted by atomic mass is 35.5. The number of aromatic hydroxyl groups is 1. The lowest BCUT2D eigenvalue weighted by Crippen LogP contribution is -2.42. The summed E-state index contributed by atoms with van der Waals surface area (Å²) in [6.45, 7) is 0. The third kappa shape index (κ3) is 1.72. The molecule has 1 aliphatic carbocycles. The minimum absolute atomic E-state index is 0.126. The summed E-state index contributed by atoms with van der Waals surface area (Å²) >= 11 is 5.91. The minimum Gasteiger partial charge on any atom is -0.504 e. The van der Waals surface area contributed by atoms with Crippen molar-refractivity contribution >= 4 is 17.6 Å². The largest absolute Gasteiger partial charge is 0.504 e. The van der Waals surface area contributed by atoms with Gasteiger partial charge in [-0.1, -0.05) is 18.0 Å². The van der Waals surface area contributed by atoms with Crippen LogP contribution in [0.15, 0.2) is 12.1 Å². The zero-order valence-corrected chi connectivity index (χ0v) is 10.1. The van der Waals surface area contributed by atoms with Crippen LogP contribution in [0.3, 0.4) is 0 Å². The Bertz CT molecular complexity index is 466. The van der Waals surface area contributed by atoms with Crippen molar-refractivity contribution in [3.8, 4) is 11.5 Å². The first-order chi connectivity index (χ1) is 8.01. The maximum absolute atomic E-state index is 11.4. The number of phenolic OH excluding ortho intramolecular Hbond substituents is 1. The molecule has 0 aliphatic heterocycles. The zero-order valence-electron chi connectivity index (χ0n) is 9.36. The number of rotatable bonds is 3. The number of halogens is 1. The van der Waals surface area contributed by atoms with E-state index in [0.29, 0.717) is 23.4 Å². The number of aliphatic carboxylic acids is 1. The number of phenols is 1. The molecule has 0 unspecified atom stereocenters. The molecule has 0 spiro atoms. The van der Waals surface area contributed by atoms with Gasteiger partial charge in [0.05, 0.1) is 12.5 Å². The Labute approximate surface area is 104 Å². The van der Waals surface area contributed by atoms with Crippen LogP contribution in [-0.2, 0) is 10.2 Å². The van der Waals surface area contributed by atoms with E-state index in [0.717, 1.165) is 6.42 Å². The zero-order chi connectivity index (χ0) is 12.6. The van der Waals surface area contributed by atoms with Crippen molar-refractivity contribution in [1.29, 1.82) is 0 Å². The number of hydrogen-bond donors (Lipinski definition) is 2. The first-order valence-electron chi connectivity index (χ1n) is 5.31. The van der Waals surface area contributed by atoms with Crippen LogP contribution in [0.2, 0.25) is 5.02 Å². The number of methoxy groups -OCH3 is 1. The Morgan fingerprint density at radius 2 is 2.12 bits per heavy atom. The van der Waals surface area contributed by atoms with Gasteiger partial charge in [0.2, 0.25) is 0 Å². The van der Waals surface area contributed by atoms with Gasteiger partial charge in [0.1, 0.15) is 0 Å². The van der Waals surface area contributed by atoms with E-state index in [1.807, 2.05) is 0 Å². The van der Waals surface area contributed by atoms with Gasteiger partial charge in [0.15, 0.2) is 11.5 Å². The number of benzene rings is 1. The molecule has 1 aromatic carbocycles. The van der Waals surface area contributed by atoms with E-state index < -0.39 is 11.4 Å². The lowest BCUT2D eigenvalue weighted by Gasteiger charge is -2.38. The number of ether oxygens (including phenoxy) is 1. The van der Waals surface area contributed by atoms with Crippen LogP contribution in [0.5, 0.6) is 11.5 Å². The van der Waals surface area contributed by atoms with Gasteiger partial charge >= 0.3 is 5.97 Å². The third-order valence-electron chi connectivity index (χ3n) is 3.39. The van der Waals surface area contributed by atoms with Crippen molar-refractivity contribution in [3.05, 3.63) is 22.7 Å². The molecule has 1 fully saturated rings. The van der Waals surface area contributed by atoms with Crippen molar-refractivity contribution in [1.82, 2.24) is 0 Å². The Balaban J connectivity index is 2.58. The van der Waals surface area contributed by atoms with Crippen molar-refractivity contribution in [2.24, 2.45) is 0 Å². The SMILES string of the molecule is COc1cc(Cl)cc(C2(C(=O)O)CCC2)c1O. The van der Waals surface area contributed by atoms with E-state index in [1.165, 1.54) is 19.2 Å². The maximum atomic E-state index is 11.4. The minimum atomic E-state index is -1.01. The fraction of sp³-hybridized carbons (Fsp3) is 0.417. The molecule has 17 heavy (non-hydrogen) atoms. The first-order valence-corrected chi connectivity index (χ1v) is 5.69. The van der Waals surface area contributed by atoms with Crippen molar-refractivity contribution in [2.45, 2.75) is 24.7 Å². The summed E-state index contributed by atoms with van der Waals surface area (Å²) in [4.78, 5) is 11.4. The summed E-state index contributed by atoms with van der Waals surface area (Å²) in [5.41, 5.74) is -0.664. The smallest absolute Gasteiger partial charge is 0.314 e. The predicted octanol–water partition coefficient (Wildman–Crippen LogP) is 2.56. The average Bonchev–Trinajstić information content (AvgIpc) is 2.20. The van der Waals surface area contributed by atoms with Crippen LogP contribution < -0.4 is 4.74 Å². The second-order valence-electron chi connectivity index (χ2n) is 4.25. The van der Waals surface area contributed by atoms with Crippen molar-refractivity contribution in [2.75, 3.05) is 7.11 Å². The van der Waals surface area contributed by atoms with Crippen molar-refractivity contribution in [3.63, 3.8) is 0 Å². The molecular formula is C12H13ClO4. The molecule has 0 radical (unpaired) electrons. The van der Waals surface area contributed by atoms with Crippen LogP contribution in [0.25, 0.3) is 0 Å². The van der Waals surface area contributed by atoms with Gasteiger partial charge in [-0.3, -0.25) is 4.79 Å². The molecule has 0 aromatic heterocycles. The number of carboxylic acid groups (broad SMARTS) is 1. The number of carboxylic acids is 1. The summed E-state index contributed by atoms with van der Waals surface area (Å²) in [5.74, 6) is -0.845. The lowest BCUT2D eigenvalue weighted by atomic mass is 9.64. The van der Waals surface area contributed by atoms with E-state index in [9.17, 15) is 15.0 Å². The fourth-order valence-electron chi connectivity index (χ4n) is 2.22. The van der Waals surface area contributed by atoms with Gasteiger partial charge in [0, 0.05) is 16.7 Å². The second kappa shape index (κ2) is 4.11. The molecule has 0 heterocycles. The molecular weight excluding hydrogens is 244 g/mol. The van der Waals surface area contributed by atoms with Crippen LogP contribution in [0.1, 0.15) is 24.8 Å². The van der Waals surface area contributed by atoms with Gasteiger partial charge in [-0.2, -0.15) is 0 Å². The van der Waals surface area contributed by atoms with Gasteiger partial charge in [-0.25, -0.2) is 0 Å². The van der Waals surface area contributed by atoms with E-state index in [2.05, 4.69) is 0 Å². The van der Waals surface area contributed by atoms with Crippen LogP contribution >= 0.6 is 11.6 Å². The molecule has 1 saturated carbocycles. The molecule has 1 aromatic rings. The highest BCUT2D eigenvalue weighted by Crippen LogP contribution is 2.50. The van der Waals surface area contributed by atoms with Gasteiger partial charge < -0.3 is 14.9 Å². The average molecular weight is 257 g/mol. The molecule has 2 N–H and O–H groups in total. The summed E-state index contributed by atoms with van der Waals surface area (Å²) in [5, 5.41) is 19.7. The molecule has 0 amide bonds. The van der Waals surface area contributed by atoms with Crippen LogP contribution in [0, 0.1) is 0 Å². The summed E-state index contributed by atoms with van der Waals surface area (Å²) in [7, 11) is 1.41. The maximum Gasteiger partial charge on any atom is 0.314 e. The van der Waals surface area contributed by atoms with Gasteiger partial charge in [-0.15, -0.1) is 0 Å². The summed E-state index contributed by atoms with van der Waals surface area (Å²) < 4.78 is 4.98. The van der Waals surface area contributed by atoms with Crippen LogP contribution in [-0.4, -0.2) is 23.3 Å². The molecule has 0 saturated heterocycles. The molecule has 92 valence electrons. The first kappa shape index (κ1) is 12.0. The van der Waals surface area contributed by atoms with E-state index >= 15 is 0 Å². The van der Waals surface area contributed by atoms with E-state index in [-0.39, 0.29) is 11.5 Å². The molecule has 1 aliphatic rings. The molecule has 0 bridgehead atoms. The fourth-order valence-corrected chi connectivity index (χ4v) is 2.43. The Kier molecular flexibility index (Phi) is 2.91. The van der Waals surface area contributed by atoms with E-state index in [1.54, 1.807) is 0 Å². The van der Waals surface area contributed by atoms with Gasteiger partial charge in [0.25, 0.3) is 0 Å². The monoisotopic (exact) mass is 256 g/mol. The predicted molar refractivity (Wildman–Crippen MR) is 62.8 cm³/mol. The molecule has 2 rings (SSSR count). The Morgan fingerprint density at radius 3 is 2.53 bits per heavy atom. The van der Waals surface area contributed by atoms with Gasteiger partial charge in [-0.05, 0) is 18.9 Å².